The first-order valence-corrected chi connectivity index (χ1v) is 8.10. The maximum absolute atomic E-state index is 13.0. The number of thiazole rings is 1. The van der Waals surface area contributed by atoms with E-state index < -0.39 is 11.5 Å². The number of benzene rings is 1. The second-order valence-corrected chi connectivity index (χ2v) is 6.34. The summed E-state index contributed by atoms with van der Waals surface area (Å²) in [5.41, 5.74) is -0.552. The zero-order valence-corrected chi connectivity index (χ0v) is 13.6. The van der Waals surface area contributed by atoms with Crippen LogP contribution in [0, 0.1) is 5.82 Å². The van der Waals surface area contributed by atoms with Gasteiger partial charge in [0.05, 0.1) is 12.8 Å². The van der Waals surface area contributed by atoms with Crippen molar-refractivity contribution in [1.29, 1.82) is 0 Å². The van der Waals surface area contributed by atoms with Gasteiger partial charge >= 0.3 is 0 Å². The summed E-state index contributed by atoms with van der Waals surface area (Å²) in [6.45, 7) is 1.53. The van der Waals surface area contributed by atoms with Gasteiger partial charge in [-0.05, 0) is 36.8 Å². The van der Waals surface area contributed by atoms with Gasteiger partial charge in [-0.3, -0.25) is 4.79 Å². The van der Waals surface area contributed by atoms with Crippen molar-refractivity contribution in [2.24, 2.45) is 0 Å². The number of carbonyl (C=O) groups is 1. The van der Waals surface area contributed by atoms with Crippen molar-refractivity contribution >= 4 is 17.2 Å². The summed E-state index contributed by atoms with van der Waals surface area (Å²) in [5, 5.41) is 15.3. The van der Waals surface area contributed by atoms with Crippen molar-refractivity contribution in [3.63, 3.8) is 0 Å². The van der Waals surface area contributed by atoms with Gasteiger partial charge < -0.3 is 14.8 Å². The van der Waals surface area contributed by atoms with Crippen molar-refractivity contribution in [1.82, 2.24) is 10.3 Å². The highest BCUT2D eigenvalue weighted by atomic mass is 32.1. The number of carbonyl (C=O) groups excluding carboxylic acids is 1. The molecule has 0 aliphatic carbocycles. The Bertz CT molecular complexity index is 826. The van der Waals surface area contributed by atoms with Crippen molar-refractivity contribution in [2.45, 2.75) is 12.5 Å². The van der Waals surface area contributed by atoms with Crippen LogP contribution >= 0.6 is 11.3 Å². The Morgan fingerprint density at radius 1 is 1.38 bits per heavy atom. The summed E-state index contributed by atoms with van der Waals surface area (Å²) in [5.74, 6) is -0.185. The summed E-state index contributed by atoms with van der Waals surface area (Å²) >= 11 is 1.30. The van der Waals surface area contributed by atoms with Crippen molar-refractivity contribution < 1.29 is 18.7 Å². The molecular formula is C17H15FN2O3S. The minimum atomic E-state index is -1.32. The van der Waals surface area contributed by atoms with Crippen LogP contribution in [0.2, 0.25) is 0 Å². The standard InChI is InChI=1S/C17H15FN2O3S/c1-17(22,11-4-6-12(18)7-5-11)10-19-15(21)13-9-24-16(20-13)14-3-2-8-23-14/h2-9,22H,10H2,1H3,(H,19,21). The van der Waals surface area contributed by atoms with E-state index in [1.165, 1.54) is 41.9 Å². The van der Waals surface area contributed by atoms with E-state index in [4.69, 9.17) is 4.42 Å². The summed E-state index contributed by atoms with van der Waals surface area (Å²) < 4.78 is 18.2. The Morgan fingerprint density at radius 3 is 2.79 bits per heavy atom. The van der Waals surface area contributed by atoms with Crippen LogP contribution in [-0.2, 0) is 5.60 Å². The molecule has 1 aromatic carbocycles. The molecule has 0 aliphatic rings. The Balaban J connectivity index is 1.66. The summed E-state index contributed by atoms with van der Waals surface area (Å²) in [7, 11) is 0. The number of rotatable bonds is 5. The number of nitrogens with one attached hydrogen (secondary N) is 1. The van der Waals surface area contributed by atoms with Gasteiger partial charge in [0.1, 0.15) is 17.1 Å². The molecule has 2 heterocycles. The zero-order valence-electron chi connectivity index (χ0n) is 12.8. The first-order valence-electron chi connectivity index (χ1n) is 7.22. The minimum absolute atomic E-state index is 0.0227. The van der Waals surface area contributed by atoms with Gasteiger partial charge in [-0.25, -0.2) is 9.37 Å². The van der Waals surface area contributed by atoms with E-state index in [-0.39, 0.29) is 18.1 Å². The largest absolute Gasteiger partial charge is 0.462 e. The SMILES string of the molecule is CC(O)(CNC(=O)c1csc(-c2ccco2)n1)c1ccc(F)cc1. The van der Waals surface area contributed by atoms with Crippen molar-refractivity contribution in [2.75, 3.05) is 6.54 Å². The van der Waals surface area contributed by atoms with Crippen LogP contribution in [-0.4, -0.2) is 22.5 Å². The molecule has 0 spiro atoms. The van der Waals surface area contributed by atoms with Crippen molar-refractivity contribution in [3.8, 4) is 10.8 Å². The number of hydrogen-bond donors (Lipinski definition) is 2. The highest BCUT2D eigenvalue weighted by Gasteiger charge is 2.24. The van der Waals surface area contributed by atoms with E-state index in [0.29, 0.717) is 16.3 Å². The number of furan rings is 1. The van der Waals surface area contributed by atoms with Crippen LogP contribution < -0.4 is 5.32 Å². The zero-order chi connectivity index (χ0) is 17.2. The Morgan fingerprint density at radius 2 is 2.12 bits per heavy atom. The molecule has 3 aromatic rings. The van der Waals surface area contributed by atoms with E-state index in [1.54, 1.807) is 24.4 Å². The lowest BCUT2D eigenvalue weighted by Gasteiger charge is -2.24. The van der Waals surface area contributed by atoms with Crippen LogP contribution in [0.5, 0.6) is 0 Å². The average Bonchev–Trinajstić information content (AvgIpc) is 3.24. The first-order chi connectivity index (χ1) is 11.5. The predicted octanol–water partition coefficient (Wildman–Crippen LogP) is 3.18. The molecule has 5 nitrogen and oxygen atoms in total. The quantitative estimate of drug-likeness (QED) is 0.744. The lowest BCUT2D eigenvalue weighted by Crippen LogP contribution is -2.38. The molecule has 0 saturated carbocycles. The number of aliphatic hydroxyl groups is 1. The summed E-state index contributed by atoms with van der Waals surface area (Å²) in [6.07, 6.45) is 1.54. The van der Waals surface area contributed by atoms with Crippen LogP contribution in [0.4, 0.5) is 4.39 Å². The van der Waals surface area contributed by atoms with Gasteiger partial charge in [0.25, 0.3) is 5.91 Å². The number of aromatic nitrogens is 1. The third-order valence-corrected chi connectivity index (χ3v) is 4.38. The molecule has 2 N–H and O–H groups in total. The molecule has 7 heteroatoms. The molecule has 2 aromatic heterocycles. The van der Waals surface area contributed by atoms with Gasteiger partial charge in [0.15, 0.2) is 10.8 Å². The Kier molecular flexibility index (Phi) is 4.46. The number of nitrogens with zero attached hydrogens (tertiary/aromatic N) is 1. The average molecular weight is 346 g/mol. The third kappa shape index (κ3) is 3.52. The fourth-order valence-corrected chi connectivity index (χ4v) is 2.91. The van der Waals surface area contributed by atoms with E-state index in [0.717, 1.165) is 0 Å². The van der Waals surface area contributed by atoms with E-state index in [9.17, 15) is 14.3 Å². The van der Waals surface area contributed by atoms with Gasteiger partial charge in [-0.2, -0.15) is 0 Å². The first kappa shape index (κ1) is 16.4. The number of hydrogen-bond acceptors (Lipinski definition) is 5. The normalized spacial score (nSPS) is 13.5. The molecule has 24 heavy (non-hydrogen) atoms. The maximum Gasteiger partial charge on any atom is 0.270 e. The van der Waals surface area contributed by atoms with Gasteiger partial charge in [0.2, 0.25) is 0 Å². The van der Waals surface area contributed by atoms with Crippen LogP contribution in [0.25, 0.3) is 10.8 Å². The van der Waals surface area contributed by atoms with E-state index in [1.807, 2.05) is 0 Å². The second kappa shape index (κ2) is 6.54. The molecule has 0 aliphatic heterocycles. The summed E-state index contributed by atoms with van der Waals surface area (Å²) in [4.78, 5) is 16.4. The van der Waals surface area contributed by atoms with Crippen LogP contribution in [0.3, 0.4) is 0 Å². The van der Waals surface area contributed by atoms with Gasteiger partial charge in [-0.1, -0.05) is 12.1 Å². The molecule has 3 rings (SSSR count). The summed E-state index contributed by atoms with van der Waals surface area (Å²) in [6, 6.07) is 9.01. The topological polar surface area (TPSA) is 75.4 Å². The highest BCUT2D eigenvalue weighted by molar-refractivity contribution is 7.13. The number of amides is 1. The monoisotopic (exact) mass is 346 g/mol. The van der Waals surface area contributed by atoms with Gasteiger partial charge in [0, 0.05) is 5.38 Å². The Labute approximate surface area is 141 Å². The fourth-order valence-electron chi connectivity index (χ4n) is 2.15. The predicted molar refractivity (Wildman–Crippen MR) is 88.1 cm³/mol. The smallest absolute Gasteiger partial charge is 0.270 e. The molecule has 0 saturated heterocycles. The molecule has 1 amide bonds. The molecule has 124 valence electrons. The lowest BCUT2D eigenvalue weighted by molar-refractivity contribution is 0.0524. The maximum atomic E-state index is 13.0. The Hall–Kier alpha value is -2.51. The number of halogens is 1. The van der Waals surface area contributed by atoms with Crippen LogP contribution in [0.1, 0.15) is 23.0 Å². The van der Waals surface area contributed by atoms with Crippen molar-refractivity contribution in [3.05, 3.63) is 65.1 Å². The molecule has 1 unspecified atom stereocenters. The van der Waals surface area contributed by atoms with Crippen LogP contribution in [0.15, 0.2) is 52.5 Å². The third-order valence-electron chi connectivity index (χ3n) is 3.53. The molecule has 0 fully saturated rings. The lowest BCUT2D eigenvalue weighted by atomic mass is 9.96. The molecular weight excluding hydrogens is 331 g/mol. The highest BCUT2D eigenvalue weighted by Crippen LogP contribution is 2.24. The van der Waals surface area contributed by atoms with E-state index >= 15 is 0 Å². The minimum Gasteiger partial charge on any atom is -0.462 e. The van der Waals surface area contributed by atoms with Gasteiger partial charge in [-0.15, -0.1) is 11.3 Å². The molecule has 0 radical (unpaired) electrons. The molecule has 0 bridgehead atoms. The fraction of sp³-hybridized carbons (Fsp3) is 0.176. The molecule has 1 atom stereocenters. The second-order valence-electron chi connectivity index (χ2n) is 5.48. The van der Waals surface area contributed by atoms with E-state index in [2.05, 4.69) is 10.3 Å².